The van der Waals surface area contributed by atoms with Gasteiger partial charge < -0.3 is 10.2 Å². The molecule has 0 aromatic heterocycles. The van der Waals surface area contributed by atoms with Gasteiger partial charge in [-0.3, -0.25) is 0 Å². The van der Waals surface area contributed by atoms with Crippen molar-refractivity contribution in [1.82, 2.24) is 0 Å². The van der Waals surface area contributed by atoms with Gasteiger partial charge in [0.25, 0.3) is 0 Å². The third-order valence-corrected chi connectivity index (χ3v) is 7.81. The van der Waals surface area contributed by atoms with E-state index in [4.69, 9.17) is 0 Å². The van der Waals surface area contributed by atoms with Gasteiger partial charge in [0.1, 0.15) is 0 Å². The van der Waals surface area contributed by atoms with Gasteiger partial charge >= 0.3 is 0 Å². The van der Waals surface area contributed by atoms with Gasteiger partial charge in [-0.2, -0.15) is 0 Å². The lowest BCUT2D eigenvalue weighted by Crippen LogP contribution is -2.36. The zero-order valence-electron chi connectivity index (χ0n) is 23.9. The summed E-state index contributed by atoms with van der Waals surface area (Å²) in [5, 5.41) is 22.7. The Kier molecular flexibility index (Phi) is 13.3. The third-order valence-electron chi connectivity index (χ3n) is 7.81. The first-order valence-electron chi connectivity index (χ1n) is 13.7. The lowest BCUT2D eigenvalue weighted by molar-refractivity contribution is -0.159. The van der Waals surface area contributed by atoms with Crippen molar-refractivity contribution in [3.8, 4) is 0 Å². The molecule has 1 aliphatic carbocycles. The van der Waals surface area contributed by atoms with E-state index < -0.39 is 5.79 Å². The first kappa shape index (κ1) is 31.4. The van der Waals surface area contributed by atoms with E-state index in [1.807, 2.05) is 18.2 Å². The molecule has 0 fully saturated rings. The second kappa shape index (κ2) is 14.8. The van der Waals surface area contributed by atoms with E-state index in [-0.39, 0.29) is 11.3 Å². The molecule has 0 bridgehead atoms. The number of aliphatic hydroxyl groups is 2. The number of allylic oxidation sites excluding steroid dienone is 9. The molecule has 0 aliphatic heterocycles. The van der Waals surface area contributed by atoms with Crippen LogP contribution in [0.4, 0.5) is 0 Å². The van der Waals surface area contributed by atoms with Crippen LogP contribution in [0.5, 0.6) is 0 Å². The van der Waals surface area contributed by atoms with Crippen LogP contribution in [-0.4, -0.2) is 16.0 Å². The molecule has 0 radical (unpaired) electrons. The summed E-state index contributed by atoms with van der Waals surface area (Å²) in [5.41, 5.74) is 5.12. The average molecular weight is 483 g/mol. The fourth-order valence-corrected chi connectivity index (χ4v) is 5.09. The minimum Gasteiger partial charge on any atom is -0.362 e. The fourth-order valence-electron chi connectivity index (χ4n) is 5.09. The molecule has 0 saturated heterocycles. The summed E-state index contributed by atoms with van der Waals surface area (Å²) in [4.78, 5) is 0. The Balaban J connectivity index is 3.11. The van der Waals surface area contributed by atoms with Gasteiger partial charge in [-0.15, -0.1) is 13.2 Å². The molecule has 2 heteroatoms. The van der Waals surface area contributed by atoms with Crippen LogP contribution in [0.2, 0.25) is 0 Å². The van der Waals surface area contributed by atoms with Gasteiger partial charge in [0.2, 0.25) is 0 Å². The first-order valence-corrected chi connectivity index (χ1v) is 13.7. The van der Waals surface area contributed by atoms with Crippen molar-refractivity contribution in [2.24, 2.45) is 23.2 Å². The Labute approximate surface area is 217 Å². The van der Waals surface area contributed by atoms with E-state index in [1.54, 1.807) is 6.08 Å². The predicted octanol–water partition coefficient (Wildman–Crippen LogP) is 9.24. The van der Waals surface area contributed by atoms with E-state index in [0.29, 0.717) is 24.7 Å². The Morgan fingerprint density at radius 2 is 1.46 bits per heavy atom. The zero-order valence-corrected chi connectivity index (χ0v) is 23.9. The van der Waals surface area contributed by atoms with Gasteiger partial charge in [0, 0.05) is 5.92 Å². The first-order chi connectivity index (χ1) is 16.3. The predicted molar refractivity (Wildman–Crippen MR) is 154 cm³/mol. The molecule has 2 unspecified atom stereocenters. The standard InChI is InChI=1S/C33H54O2/c1-10-25(3)15-12-17-27(5)23-30(24-28(6)18-13-16-26(4)11-2)33(34,35)22-20-31-29(7)19-14-21-32(31,8)9/h10-11,17-18,20,22,25-26,30,34-35H,1-2,12-16,19,21,23-24H2,3-9H3. The van der Waals surface area contributed by atoms with Crippen LogP contribution in [0.25, 0.3) is 0 Å². The molecule has 2 nitrogen and oxygen atoms in total. The van der Waals surface area contributed by atoms with Crippen LogP contribution in [0.1, 0.15) is 106 Å². The molecular weight excluding hydrogens is 428 g/mol. The fraction of sp³-hybridized carbons (Fsp3) is 0.636. The molecule has 1 aliphatic rings. The number of hydrogen-bond donors (Lipinski definition) is 2. The van der Waals surface area contributed by atoms with Crippen molar-refractivity contribution in [3.05, 3.63) is 71.9 Å². The van der Waals surface area contributed by atoms with Gasteiger partial charge in [0.05, 0.1) is 0 Å². The lowest BCUT2D eigenvalue weighted by atomic mass is 9.72. The van der Waals surface area contributed by atoms with Gasteiger partial charge in [-0.05, 0) is 107 Å². The van der Waals surface area contributed by atoms with Gasteiger partial charge in [-0.1, -0.05) is 74.8 Å². The van der Waals surface area contributed by atoms with Crippen molar-refractivity contribution in [2.75, 3.05) is 0 Å². The summed E-state index contributed by atoms with van der Waals surface area (Å²) in [7, 11) is 0. The maximum atomic E-state index is 11.3. The largest absolute Gasteiger partial charge is 0.362 e. The van der Waals surface area contributed by atoms with E-state index in [1.165, 1.54) is 28.7 Å². The van der Waals surface area contributed by atoms with Crippen LogP contribution < -0.4 is 0 Å². The van der Waals surface area contributed by atoms with Crippen LogP contribution in [-0.2, 0) is 0 Å². The third kappa shape index (κ3) is 11.3. The van der Waals surface area contributed by atoms with Crippen LogP contribution in [0, 0.1) is 23.2 Å². The van der Waals surface area contributed by atoms with Crippen molar-refractivity contribution in [1.29, 1.82) is 0 Å². The summed E-state index contributed by atoms with van der Waals surface area (Å²) in [6, 6.07) is 0. The van der Waals surface area contributed by atoms with E-state index in [2.05, 4.69) is 73.8 Å². The van der Waals surface area contributed by atoms with Crippen molar-refractivity contribution < 1.29 is 10.2 Å². The van der Waals surface area contributed by atoms with E-state index in [0.717, 1.165) is 38.5 Å². The quantitative estimate of drug-likeness (QED) is 0.180. The monoisotopic (exact) mass is 482 g/mol. The molecule has 0 saturated carbocycles. The highest BCUT2D eigenvalue weighted by Gasteiger charge is 2.33. The van der Waals surface area contributed by atoms with E-state index in [9.17, 15) is 10.2 Å². The van der Waals surface area contributed by atoms with Gasteiger partial charge in [-0.25, -0.2) is 0 Å². The second-order valence-corrected chi connectivity index (χ2v) is 11.8. The average Bonchev–Trinajstić information content (AvgIpc) is 2.77. The maximum Gasteiger partial charge on any atom is 0.186 e. The highest BCUT2D eigenvalue weighted by Crippen LogP contribution is 2.41. The highest BCUT2D eigenvalue weighted by molar-refractivity contribution is 5.33. The molecule has 0 heterocycles. The minimum atomic E-state index is -1.87. The Morgan fingerprint density at radius 1 is 0.971 bits per heavy atom. The second-order valence-electron chi connectivity index (χ2n) is 11.8. The van der Waals surface area contributed by atoms with Crippen LogP contribution in [0.15, 0.2) is 71.9 Å². The Bertz CT molecular complexity index is 767. The molecule has 0 spiro atoms. The summed E-state index contributed by atoms with van der Waals surface area (Å²) < 4.78 is 0. The molecule has 1 rings (SSSR count). The molecule has 2 atom stereocenters. The lowest BCUT2D eigenvalue weighted by Gasteiger charge is -2.34. The number of rotatable bonds is 15. The van der Waals surface area contributed by atoms with Crippen molar-refractivity contribution in [3.63, 3.8) is 0 Å². The summed E-state index contributed by atoms with van der Waals surface area (Å²) in [6.07, 6.45) is 21.0. The van der Waals surface area contributed by atoms with Crippen molar-refractivity contribution >= 4 is 0 Å². The zero-order chi connectivity index (χ0) is 26.6. The molecule has 0 amide bonds. The highest BCUT2D eigenvalue weighted by atomic mass is 16.5. The molecule has 198 valence electrons. The van der Waals surface area contributed by atoms with Crippen molar-refractivity contribution in [2.45, 2.75) is 112 Å². The van der Waals surface area contributed by atoms with E-state index >= 15 is 0 Å². The smallest absolute Gasteiger partial charge is 0.186 e. The number of hydrogen-bond acceptors (Lipinski definition) is 2. The van der Waals surface area contributed by atoms with Crippen LogP contribution >= 0.6 is 0 Å². The van der Waals surface area contributed by atoms with Crippen LogP contribution in [0.3, 0.4) is 0 Å². The molecular formula is C33H54O2. The minimum absolute atomic E-state index is 0.0692. The summed E-state index contributed by atoms with van der Waals surface area (Å²) in [6.45, 7) is 23.1. The Hall–Kier alpha value is -1.64. The SMILES string of the molecule is C=CC(C)CCC=C(C)CC(CC(C)=CCCC(C)C=C)C(O)(O)C=CC1=C(C)CCCC1(C)C. The normalized spacial score (nSPS) is 20.1. The molecule has 0 aromatic rings. The molecule has 35 heavy (non-hydrogen) atoms. The maximum absolute atomic E-state index is 11.3. The topological polar surface area (TPSA) is 40.5 Å². The molecule has 2 N–H and O–H groups in total. The summed E-state index contributed by atoms with van der Waals surface area (Å²) in [5.74, 6) is -1.18. The molecule has 0 aromatic carbocycles. The summed E-state index contributed by atoms with van der Waals surface area (Å²) >= 11 is 0. The van der Waals surface area contributed by atoms with Gasteiger partial charge in [0.15, 0.2) is 5.79 Å². The Morgan fingerprint density at radius 3 is 1.89 bits per heavy atom.